The van der Waals surface area contributed by atoms with Crippen LogP contribution in [0.3, 0.4) is 0 Å². The van der Waals surface area contributed by atoms with E-state index in [0.717, 1.165) is 6.54 Å². The number of nitrogens with one attached hydrogen (secondary N) is 3. The number of nitrogens with zero attached hydrogens (tertiary/aromatic N) is 3. The highest BCUT2D eigenvalue weighted by atomic mass is 35.5. The summed E-state index contributed by atoms with van der Waals surface area (Å²) in [6.45, 7) is 0.789. The number of rotatable bonds is 6. The first kappa shape index (κ1) is 19.5. The molecule has 0 atom stereocenters. The minimum absolute atomic E-state index is 0.00856. The molecule has 2 fully saturated rings. The summed E-state index contributed by atoms with van der Waals surface area (Å²) in [5.41, 5.74) is 1.57. The predicted molar refractivity (Wildman–Crippen MR) is 115 cm³/mol. The van der Waals surface area contributed by atoms with Crippen molar-refractivity contribution >= 4 is 52.5 Å². The van der Waals surface area contributed by atoms with Crippen molar-refractivity contribution in [2.24, 2.45) is 5.92 Å². The van der Waals surface area contributed by atoms with Crippen LogP contribution in [0.15, 0.2) is 36.0 Å². The molecule has 3 aromatic rings. The molecule has 0 radical (unpaired) electrons. The Morgan fingerprint density at radius 3 is 2.87 bits per heavy atom. The number of anilines is 3. The SMILES string of the molecule is O=C1C/C(=C\c2cnn3c(NCC4CC4)cc(Nc4cc(Cl)ccc4F)nc23)C(=O)N1. The molecule has 2 amide bonds. The number of carbonyl (C=O) groups is 2. The van der Waals surface area contributed by atoms with Gasteiger partial charge in [-0.1, -0.05) is 11.6 Å². The highest BCUT2D eigenvalue weighted by Gasteiger charge is 2.25. The van der Waals surface area contributed by atoms with Gasteiger partial charge in [0.15, 0.2) is 5.65 Å². The second-order valence-electron chi connectivity index (χ2n) is 7.66. The maximum absolute atomic E-state index is 14.2. The van der Waals surface area contributed by atoms with Crippen LogP contribution in [0.4, 0.5) is 21.7 Å². The topological polar surface area (TPSA) is 100 Å². The molecule has 1 aromatic carbocycles. The zero-order chi connectivity index (χ0) is 21.5. The second kappa shape index (κ2) is 7.66. The Balaban J connectivity index is 1.56. The minimum Gasteiger partial charge on any atom is -0.370 e. The predicted octanol–water partition coefficient (Wildman–Crippen LogP) is 3.52. The summed E-state index contributed by atoms with van der Waals surface area (Å²) in [7, 11) is 0. The lowest BCUT2D eigenvalue weighted by molar-refractivity contribution is -0.124. The third-order valence-corrected chi connectivity index (χ3v) is 5.42. The molecule has 0 bridgehead atoms. The molecule has 3 heterocycles. The van der Waals surface area contributed by atoms with Gasteiger partial charge < -0.3 is 10.6 Å². The molecule has 10 heteroatoms. The van der Waals surface area contributed by atoms with E-state index >= 15 is 0 Å². The Morgan fingerprint density at radius 2 is 2.13 bits per heavy atom. The van der Waals surface area contributed by atoms with Crippen LogP contribution in [0, 0.1) is 11.7 Å². The third-order valence-electron chi connectivity index (χ3n) is 5.18. The molecule has 8 nitrogen and oxygen atoms in total. The first-order valence-corrected chi connectivity index (χ1v) is 10.2. The molecule has 1 aliphatic carbocycles. The molecule has 31 heavy (non-hydrogen) atoms. The van der Waals surface area contributed by atoms with Crippen molar-refractivity contribution in [3.63, 3.8) is 0 Å². The van der Waals surface area contributed by atoms with Crippen LogP contribution in [0.1, 0.15) is 24.8 Å². The number of benzene rings is 1. The Hall–Kier alpha value is -3.46. The number of aromatic nitrogens is 3. The summed E-state index contributed by atoms with van der Waals surface area (Å²) in [5, 5.41) is 13.4. The highest BCUT2D eigenvalue weighted by molar-refractivity contribution is 6.30. The van der Waals surface area contributed by atoms with Crippen molar-refractivity contribution in [2.75, 3.05) is 17.2 Å². The first-order chi connectivity index (χ1) is 15.0. The van der Waals surface area contributed by atoms with Crippen LogP contribution < -0.4 is 16.0 Å². The van der Waals surface area contributed by atoms with Gasteiger partial charge in [-0.25, -0.2) is 9.37 Å². The van der Waals surface area contributed by atoms with Gasteiger partial charge in [0.25, 0.3) is 5.91 Å². The lowest BCUT2D eigenvalue weighted by atomic mass is 10.1. The molecule has 5 rings (SSSR count). The average Bonchev–Trinajstić information content (AvgIpc) is 3.40. The largest absolute Gasteiger partial charge is 0.370 e. The summed E-state index contributed by atoms with van der Waals surface area (Å²) >= 11 is 6.00. The number of halogens is 2. The number of amides is 2. The summed E-state index contributed by atoms with van der Waals surface area (Å²) in [4.78, 5) is 28.0. The van der Waals surface area contributed by atoms with E-state index in [-0.39, 0.29) is 18.0 Å². The fourth-order valence-corrected chi connectivity index (χ4v) is 3.55. The molecule has 1 saturated carbocycles. The van der Waals surface area contributed by atoms with E-state index in [1.165, 1.54) is 31.0 Å². The summed E-state index contributed by atoms with van der Waals surface area (Å²) in [5.74, 6) is 0.460. The van der Waals surface area contributed by atoms with Crippen molar-refractivity contribution in [3.05, 3.63) is 52.4 Å². The molecule has 158 valence electrons. The Bertz CT molecular complexity index is 1250. The normalized spacial score (nSPS) is 17.4. The van der Waals surface area contributed by atoms with Gasteiger partial charge in [0, 0.05) is 28.8 Å². The van der Waals surface area contributed by atoms with Gasteiger partial charge in [0.1, 0.15) is 17.5 Å². The van der Waals surface area contributed by atoms with E-state index in [1.54, 1.807) is 22.9 Å². The molecular weight excluding hydrogens is 423 g/mol. The van der Waals surface area contributed by atoms with Gasteiger partial charge in [0.2, 0.25) is 5.91 Å². The van der Waals surface area contributed by atoms with Gasteiger partial charge in [-0.15, -0.1) is 0 Å². The fraction of sp³-hybridized carbons (Fsp3) is 0.238. The van der Waals surface area contributed by atoms with Gasteiger partial charge in [0.05, 0.1) is 18.3 Å². The molecule has 1 aliphatic heterocycles. The number of hydrogen-bond acceptors (Lipinski definition) is 6. The summed E-state index contributed by atoms with van der Waals surface area (Å²) in [6, 6.07) is 5.97. The lowest BCUT2D eigenvalue weighted by Gasteiger charge is -2.12. The van der Waals surface area contributed by atoms with Gasteiger partial charge in [-0.3, -0.25) is 14.9 Å². The molecule has 2 aromatic heterocycles. The Kier molecular flexibility index (Phi) is 4.82. The van der Waals surface area contributed by atoms with Gasteiger partial charge >= 0.3 is 0 Å². The molecule has 3 N–H and O–H groups in total. The van der Waals surface area contributed by atoms with Crippen LogP contribution in [0.5, 0.6) is 0 Å². The molecule has 0 unspecified atom stereocenters. The van der Waals surface area contributed by atoms with E-state index in [0.29, 0.717) is 39.4 Å². The highest BCUT2D eigenvalue weighted by Crippen LogP contribution is 2.30. The third kappa shape index (κ3) is 4.09. The maximum atomic E-state index is 14.2. The lowest BCUT2D eigenvalue weighted by Crippen LogP contribution is -2.19. The van der Waals surface area contributed by atoms with Gasteiger partial charge in [-0.2, -0.15) is 9.61 Å². The number of fused-ring (bicyclic) bond motifs is 1. The van der Waals surface area contributed by atoms with E-state index in [4.69, 9.17) is 11.6 Å². The number of imide groups is 1. The van der Waals surface area contributed by atoms with Crippen molar-refractivity contribution in [3.8, 4) is 0 Å². The van der Waals surface area contributed by atoms with Crippen LogP contribution in [-0.4, -0.2) is 33.0 Å². The van der Waals surface area contributed by atoms with Crippen LogP contribution in [0.2, 0.25) is 5.02 Å². The van der Waals surface area contributed by atoms with Crippen molar-refractivity contribution in [2.45, 2.75) is 19.3 Å². The first-order valence-electron chi connectivity index (χ1n) is 9.86. The second-order valence-corrected chi connectivity index (χ2v) is 8.10. The summed E-state index contributed by atoms with van der Waals surface area (Å²) in [6.07, 6.45) is 5.55. The summed E-state index contributed by atoms with van der Waals surface area (Å²) < 4.78 is 15.9. The standard InChI is InChI=1S/C21H18ClFN6O2/c22-14-3-4-15(23)16(7-14)26-17-8-18(24-9-11-1-2-11)29-20(27-17)13(10-25-29)5-12-6-19(30)28-21(12)31/h3-5,7-8,10-11,24H,1-2,6,9H2,(H,26,27)(H,28,30,31)/b12-5+. The van der Waals surface area contributed by atoms with E-state index < -0.39 is 11.7 Å². The van der Waals surface area contributed by atoms with Crippen LogP contribution in [0.25, 0.3) is 11.7 Å². The van der Waals surface area contributed by atoms with Crippen molar-refractivity contribution < 1.29 is 14.0 Å². The smallest absolute Gasteiger partial charge is 0.254 e. The van der Waals surface area contributed by atoms with Crippen molar-refractivity contribution in [1.82, 2.24) is 19.9 Å². The molecule has 1 saturated heterocycles. The zero-order valence-electron chi connectivity index (χ0n) is 16.3. The molecule has 2 aliphatic rings. The maximum Gasteiger partial charge on any atom is 0.254 e. The van der Waals surface area contributed by atoms with E-state index in [2.05, 4.69) is 26.0 Å². The van der Waals surface area contributed by atoms with Crippen LogP contribution >= 0.6 is 11.6 Å². The van der Waals surface area contributed by atoms with Crippen molar-refractivity contribution in [1.29, 1.82) is 0 Å². The van der Waals surface area contributed by atoms with E-state index in [1.807, 2.05) is 0 Å². The molecular formula is C21H18ClFN6O2. The van der Waals surface area contributed by atoms with Gasteiger partial charge in [-0.05, 0) is 43.0 Å². The number of hydrogen-bond donors (Lipinski definition) is 3. The molecule has 0 spiro atoms. The average molecular weight is 441 g/mol. The quantitative estimate of drug-likeness (QED) is 0.400. The minimum atomic E-state index is -0.462. The number of carbonyl (C=O) groups excluding carboxylic acids is 2. The fourth-order valence-electron chi connectivity index (χ4n) is 3.38. The monoisotopic (exact) mass is 440 g/mol. The van der Waals surface area contributed by atoms with E-state index in [9.17, 15) is 14.0 Å². The Labute approximate surface area is 181 Å². The van der Waals surface area contributed by atoms with Crippen LogP contribution in [-0.2, 0) is 9.59 Å². The Morgan fingerprint density at radius 1 is 1.29 bits per heavy atom. The zero-order valence-corrected chi connectivity index (χ0v) is 17.0.